The summed E-state index contributed by atoms with van der Waals surface area (Å²) < 4.78 is 11.9. The first-order valence-corrected chi connectivity index (χ1v) is 7.85. The third kappa shape index (κ3) is 1.91. The number of hydrogen-bond acceptors (Lipinski definition) is 4. The van der Waals surface area contributed by atoms with E-state index in [0.717, 1.165) is 21.5 Å². The van der Waals surface area contributed by atoms with Gasteiger partial charge in [-0.05, 0) is 33.6 Å². The van der Waals surface area contributed by atoms with E-state index in [2.05, 4.69) is 27.3 Å². The van der Waals surface area contributed by atoms with Crippen molar-refractivity contribution in [3.8, 4) is 11.5 Å². The van der Waals surface area contributed by atoms with Gasteiger partial charge in [-0.3, -0.25) is 4.79 Å². The molecule has 0 unspecified atom stereocenters. The summed E-state index contributed by atoms with van der Waals surface area (Å²) in [6.07, 6.45) is 0.458. The molecule has 1 aromatic heterocycles. The molecule has 6 heteroatoms. The van der Waals surface area contributed by atoms with Crippen molar-refractivity contribution in [2.24, 2.45) is 0 Å². The molecule has 0 saturated carbocycles. The fourth-order valence-electron chi connectivity index (χ4n) is 2.62. The Balaban J connectivity index is 1.85. The maximum absolute atomic E-state index is 11.9. The SMILES string of the molecule is O=C1C[C@@H](c2cc(Br)cs2)c2cc3c(cc2N1)OCO3. The topological polar surface area (TPSA) is 47.6 Å². The lowest BCUT2D eigenvalue weighted by atomic mass is 9.89. The molecule has 1 atom stereocenters. The maximum atomic E-state index is 11.9. The number of carbonyl (C=O) groups excluding carboxylic acids is 1. The summed E-state index contributed by atoms with van der Waals surface area (Å²) in [6.45, 7) is 0.237. The summed E-state index contributed by atoms with van der Waals surface area (Å²) in [4.78, 5) is 13.1. The first-order chi connectivity index (χ1) is 9.70. The normalized spacial score (nSPS) is 19.6. The zero-order valence-electron chi connectivity index (χ0n) is 10.3. The molecule has 102 valence electrons. The Hall–Kier alpha value is -1.53. The fourth-order valence-corrected chi connectivity index (χ4v) is 4.18. The zero-order chi connectivity index (χ0) is 13.7. The molecule has 1 amide bonds. The number of anilines is 1. The molecule has 3 heterocycles. The fraction of sp³-hybridized carbons (Fsp3) is 0.214. The number of hydrogen-bond donors (Lipinski definition) is 1. The number of nitrogens with one attached hydrogen (secondary N) is 1. The van der Waals surface area contributed by atoms with Gasteiger partial charge in [0, 0.05) is 38.8 Å². The third-order valence-electron chi connectivity index (χ3n) is 3.51. The minimum atomic E-state index is 0.0332. The van der Waals surface area contributed by atoms with Crippen LogP contribution in [0.2, 0.25) is 0 Å². The van der Waals surface area contributed by atoms with Crippen LogP contribution in [0.1, 0.15) is 22.8 Å². The lowest BCUT2D eigenvalue weighted by Crippen LogP contribution is -2.23. The van der Waals surface area contributed by atoms with E-state index in [0.29, 0.717) is 12.2 Å². The van der Waals surface area contributed by atoms with Crippen LogP contribution in [-0.2, 0) is 4.79 Å². The van der Waals surface area contributed by atoms with Gasteiger partial charge in [-0.1, -0.05) is 0 Å². The molecule has 0 bridgehead atoms. The van der Waals surface area contributed by atoms with E-state index in [1.54, 1.807) is 11.3 Å². The van der Waals surface area contributed by atoms with E-state index < -0.39 is 0 Å². The van der Waals surface area contributed by atoms with Crippen molar-refractivity contribution in [3.05, 3.63) is 38.5 Å². The van der Waals surface area contributed by atoms with E-state index >= 15 is 0 Å². The summed E-state index contributed by atoms with van der Waals surface area (Å²) in [5.41, 5.74) is 1.91. The summed E-state index contributed by atoms with van der Waals surface area (Å²) in [6, 6.07) is 5.90. The molecule has 1 N–H and O–H groups in total. The highest BCUT2D eigenvalue weighted by molar-refractivity contribution is 9.10. The van der Waals surface area contributed by atoms with Gasteiger partial charge in [0.05, 0.1) is 0 Å². The van der Waals surface area contributed by atoms with Crippen LogP contribution in [0.25, 0.3) is 0 Å². The van der Waals surface area contributed by atoms with Crippen molar-refractivity contribution in [2.75, 3.05) is 12.1 Å². The molecular weight excluding hydrogens is 342 g/mol. The van der Waals surface area contributed by atoms with Crippen LogP contribution in [0.5, 0.6) is 11.5 Å². The van der Waals surface area contributed by atoms with Gasteiger partial charge in [0.2, 0.25) is 12.7 Å². The number of amides is 1. The van der Waals surface area contributed by atoms with Crippen LogP contribution >= 0.6 is 27.3 Å². The van der Waals surface area contributed by atoms with Gasteiger partial charge in [0.15, 0.2) is 11.5 Å². The number of thiophene rings is 1. The highest BCUT2D eigenvalue weighted by Crippen LogP contribution is 2.46. The van der Waals surface area contributed by atoms with Gasteiger partial charge in [0.1, 0.15) is 0 Å². The van der Waals surface area contributed by atoms with E-state index in [4.69, 9.17) is 9.47 Å². The summed E-state index contributed by atoms with van der Waals surface area (Å²) in [5, 5.41) is 4.95. The summed E-state index contributed by atoms with van der Waals surface area (Å²) >= 11 is 5.12. The van der Waals surface area contributed by atoms with Gasteiger partial charge < -0.3 is 14.8 Å². The molecule has 4 rings (SSSR count). The molecule has 1 aromatic carbocycles. The molecule has 0 spiro atoms. The van der Waals surface area contributed by atoms with Crippen LogP contribution < -0.4 is 14.8 Å². The number of rotatable bonds is 1. The van der Waals surface area contributed by atoms with E-state index in [-0.39, 0.29) is 18.6 Å². The van der Waals surface area contributed by atoms with Gasteiger partial charge in [-0.15, -0.1) is 11.3 Å². The van der Waals surface area contributed by atoms with Gasteiger partial charge in [0.25, 0.3) is 0 Å². The van der Waals surface area contributed by atoms with Crippen molar-refractivity contribution < 1.29 is 14.3 Å². The highest BCUT2D eigenvalue weighted by Gasteiger charge is 2.30. The predicted molar refractivity (Wildman–Crippen MR) is 79.7 cm³/mol. The van der Waals surface area contributed by atoms with E-state index in [9.17, 15) is 4.79 Å². The van der Waals surface area contributed by atoms with Crippen LogP contribution in [0.3, 0.4) is 0 Å². The third-order valence-corrected chi connectivity index (χ3v) is 5.32. The first kappa shape index (κ1) is 12.2. The van der Waals surface area contributed by atoms with Crippen LogP contribution in [0, 0.1) is 0 Å². The molecule has 4 nitrogen and oxygen atoms in total. The minimum absolute atomic E-state index is 0.0332. The average Bonchev–Trinajstić information content (AvgIpc) is 3.03. The van der Waals surface area contributed by atoms with Gasteiger partial charge in [-0.25, -0.2) is 0 Å². The Morgan fingerprint density at radius 3 is 2.80 bits per heavy atom. The largest absolute Gasteiger partial charge is 0.454 e. The first-order valence-electron chi connectivity index (χ1n) is 6.18. The van der Waals surface area contributed by atoms with E-state index in [1.165, 1.54) is 4.88 Å². The Morgan fingerprint density at radius 2 is 2.05 bits per heavy atom. The van der Waals surface area contributed by atoms with Crippen LogP contribution in [0.4, 0.5) is 5.69 Å². The summed E-state index contributed by atoms with van der Waals surface area (Å²) in [5.74, 6) is 1.55. The minimum Gasteiger partial charge on any atom is -0.454 e. The van der Waals surface area contributed by atoms with Crippen molar-refractivity contribution in [3.63, 3.8) is 0 Å². The maximum Gasteiger partial charge on any atom is 0.231 e. The predicted octanol–water partition coefficient (Wildman–Crippen LogP) is 3.71. The monoisotopic (exact) mass is 351 g/mol. The number of benzene rings is 1. The molecule has 2 aliphatic heterocycles. The Bertz CT molecular complexity index is 712. The Morgan fingerprint density at radius 1 is 1.25 bits per heavy atom. The van der Waals surface area contributed by atoms with Crippen molar-refractivity contribution >= 4 is 38.9 Å². The number of halogens is 1. The zero-order valence-corrected chi connectivity index (χ0v) is 12.7. The second-order valence-electron chi connectivity index (χ2n) is 4.76. The molecule has 0 saturated heterocycles. The number of fused-ring (bicyclic) bond motifs is 2. The number of ether oxygens (including phenoxy) is 2. The lowest BCUT2D eigenvalue weighted by Gasteiger charge is -2.25. The smallest absolute Gasteiger partial charge is 0.231 e. The standard InChI is InChI=1S/C14H10BrNO3S/c15-7-1-13(20-5-7)9-3-14(17)16-10-4-12-11(2-8(9)10)18-6-19-12/h1-2,4-5,9H,3,6H2,(H,16,17)/t9-/m1/s1. The van der Waals surface area contributed by atoms with Crippen molar-refractivity contribution in [2.45, 2.75) is 12.3 Å². The molecule has 2 aliphatic rings. The lowest BCUT2D eigenvalue weighted by molar-refractivity contribution is -0.116. The van der Waals surface area contributed by atoms with Crippen LogP contribution in [0.15, 0.2) is 28.1 Å². The van der Waals surface area contributed by atoms with Crippen molar-refractivity contribution in [1.29, 1.82) is 0 Å². The van der Waals surface area contributed by atoms with Gasteiger partial charge in [-0.2, -0.15) is 0 Å². The molecular formula is C14H10BrNO3S. The number of carbonyl (C=O) groups is 1. The van der Waals surface area contributed by atoms with Crippen molar-refractivity contribution in [1.82, 2.24) is 0 Å². The Labute approximate surface area is 127 Å². The molecule has 0 radical (unpaired) electrons. The average molecular weight is 352 g/mol. The molecule has 2 aromatic rings. The van der Waals surface area contributed by atoms with Gasteiger partial charge >= 0.3 is 0 Å². The molecule has 0 aliphatic carbocycles. The van der Waals surface area contributed by atoms with Crippen LogP contribution in [-0.4, -0.2) is 12.7 Å². The highest BCUT2D eigenvalue weighted by atomic mass is 79.9. The summed E-state index contributed by atoms with van der Waals surface area (Å²) in [7, 11) is 0. The second kappa shape index (κ2) is 4.49. The second-order valence-corrected chi connectivity index (χ2v) is 6.62. The Kier molecular flexibility index (Phi) is 2.75. The molecule has 0 fully saturated rings. The molecule has 20 heavy (non-hydrogen) atoms. The van der Waals surface area contributed by atoms with E-state index in [1.807, 2.05) is 17.5 Å². The quantitative estimate of drug-likeness (QED) is 0.851.